The van der Waals surface area contributed by atoms with Gasteiger partial charge in [0, 0.05) is 32.1 Å². The Morgan fingerprint density at radius 3 is 2.00 bits per heavy atom. The molecule has 3 nitrogen and oxygen atoms in total. The summed E-state index contributed by atoms with van der Waals surface area (Å²) < 4.78 is 0. The van der Waals surface area contributed by atoms with E-state index in [1.807, 2.05) is 13.8 Å². The van der Waals surface area contributed by atoms with Gasteiger partial charge in [0.05, 0.1) is 6.54 Å². The molecule has 0 aromatic heterocycles. The molecule has 1 saturated heterocycles. The molecule has 3 heteroatoms. The molecule has 0 amide bonds. The van der Waals surface area contributed by atoms with Gasteiger partial charge in [-0.15, -0.1) is 0 Å². The number of carbonyl (C=O) groups is 1. The van der Waals surface area contributed by atoms with E-state index in [4.69, 9.17) is 0 Å². The minimum atomic E-state index is 0.170. The molecule has 0 atom stereocenters. The molecule has 1 aliphatic heterocycles. The van der Waals surface area contributed by atoms with Crippen LogP contribution in [0.25, 0.3) is 0 Å². The topological polar surface area (TPSA) is 23.6 Å². The Morgan fingerprint density at radius 1 is 1.06 bits per heavy atom. The fourth-order valence-electron chi connectivity index (χ4n) is 2.07. The van der Waals surface area contributed by atoms with Crippen LogP contribution < -0.4 is 0 Å². The monoisotopic (exact) mass is 254 g/mol. The maximum absolute atomic E-state index is 11.7. The van der Waals surface area contributed by atoms with Gasteiger partial charge in [0.25, 0.3) is 0 Å². The van der Waals surface area contributed by atoms with E-state index in [0.717, 1.165) is 26.2 Å². The second-order valence-electron chi connectivity index (χ2n) is 7.05. The molecule has 1 fully saturated rings. The quantitative estimate of drug-likeness (QED) is 0.752. The van der Waals surface area contributed by atoms with Crippen molar-refractivity contribution in [1.82, 2.24) is 9.80 Å². The number of nitrogens with zero attached hydrogens (tertiary/aromatic N) is 2. The first-order valence-corrected chi connectivity index (χ1v) is 7.25. The number of Topliss-reactive ketones (excluding diaryl/α,β-unsaturated/α-hetero) is 1. The summed E-state index contributed by atoms with van der Waals surface area (Å²) in [7, 11) is 0. The van der Waals surface area contributed by atoms with Crippen molar-refractivity contribution in [2.75, 3.05) is 39.3 Å². The second-order valence-corrected chi connectivity index (χ2v) is 7.05. The molecule has 0 N–H and O–H groups in total. The van der Waals surface area contributed by atoms with Gasteiger partial charge < -0.3 is 4.90 Å². The van der Waals surface area contributed by atoms with Gasteiger partial charge in [0.2, 0.25) is 0 Å². The Labute approximate surface area is 113 Å². The molecule has 18 heavy (non-hydrogen) atoms. The highest BCUT2D eigenvalue weighted by Gasteiger charge is 2.21. The Bertz CT molecular complexity index is 260. The highest BCUT2D eigenvalue weighted by atomic mass is 16.1. The summed E-state index contributed by atoms with van der Waals surface area (Å²) in [5.74, 6) is 0.544. The third-order valence-corrected chi connectivity index (χ3v) is 3.67. The molecule has 0 aromatic rings. The van der Waals surface area contributed by atoms with Gasteiger partial charge in [0.15, 0.2) is 0 Å². The van der Waals surface area contributed by atoms with Gasteiger partial charge in [-0.25, -0.2) is 0 Å². The van der Waals surface area contributed by atoms with Crippen LogP contribution in [-0.4, -0.2) is 54.9 Å². The molecule has 1 rings (SSSR count). The summed E-state index contributed by atoms with van der Waals surface area (Å²) in [6.45, 7) is 17.0. The highest BCUT2D eigenvalue weighted by molar-refractivity contribution is 5.82. The Morgan fingerprint density at radius 2 is 1.56 bits per heavy atom. The summed E-state index contributed by atoms with van der Waals surface area (Å²) in [5.41, 5.74) is 0.421. The largest absolute Gasteiger partial charge is 0.301 e. The summed E-state index contributed by atoms with van der Waals surface area (Å²) in [6, 6.07) is 0. The van der Waals surface area contributed by atoms with E-state index in [0.29, 0.717) is 17.7 Å². The van der Waals surface area contributed by atoms with Gasteiger partial charge in [-0.05, 0) is 18.4 Å². The summed E-state index contributed by atoms with van der Waals surface area (Å²) in [4.78, 5) is 16.5. The number of carbonyl (C=O) groups excluding carboxylic acids is 1. The van der Waals surface area contributed by atoms with Gasteiger partial charge in [-0.2, -0.15) is 0 Å². The molecule has 0 aromatic carbocycles. The molecule has 0 unspecified atom stereocenters. The van der Waals surface area contributed by atoms with Gasteiger partial charge in [-0.1, -0.05) is 34.6 Å². The van der Waals surface area contributed by atoms with Crippen molar-refractivity contribution >= 4 is 5.78 Å². The zero-order valence-electron chi connectivity index (χ0n) is 12.8. The van der Waals surface area contributed by atoms with E-state index in [-0.39, 0.29) is 5.92 Å². The van der Waals surface area contributed by atoms with Gasteiger partial charge in [-0.3, -0.25) is 9.69 Å². The van der Waals surface area contributed by atoms with Crippen LogP contribution in [0.3, 0.4) is 0 Å². The van der Waals surface area contributed by atoms with Crippen molar-refractivity contribution in [1.29, 1.82) is 0 Å². The lowest BCUT2D eigenvalue weighted by Crippen LogP contribution is -2.48. The van der Waals surface area contributed by atoms with E-state index in [1.54, 1.807) is 0 Å². The summed E-state index contributed by atoms with van der Waals surface area (Å²) in [6.07, 6.45) is 1.25. The van der Waals surface area contributed by atoms with Crippen molar-refractivity contribution in [3.63, 3.8) is 0 Å². The second kappa shape index (κ2) is 6.67. The third kappa shape index (κ3) is 5.96. The van der Waals surface area contributed by atoms with Crippen LogP contribution in [0.15, 0.2) is 0 Å². The summed E-state index contributed by atoms with van der Waals surface area (Å²) in [5, 5.41) is 0. The standard InChI is InChI=1S/C15H30N2O/c1-13(2)14(18)12-17-10-8-16(9-11-17)7-6-15(3,4)5/h13H,6-12H2,1-5H3. The maximum Gasteiger partial charge on any atom is 0.149 e. The zero-order chi connectivity index (χ0) is 13.8. The minimum Gasteiger partial charge on any atom is -0.301 e. The highest BCUT2D eigenvalue weighted by Crippen LogP contribution is 2.19. The normalized spacial score (nSPS) is 19.4. The summed E-state index contributed by atoms with van der Waals surface area (Å²) >= 11 is 0. The molecule has 106 valence electrons. The van der Waals surface area contributed by atoms with Crippen molar-refractivity contribution in [2.45, 2.75) is 41.0 Å². The van der Waals surface area contributed by atoms with Crippen LogP contribution in [0.1, 0.15) is 41.0 Å². The first-order valence-electron chi connectivity index (χ1n) is 7.25. The predicted octanol–water partition coefficient (Wildman–Crippen LogP) is 2.27. The average Bonchev–Trinajstić information content (AvgIpc) is 2.27. The zero-order valence-corrected chi connectivity index (χ0v) is 12.8. The van der Waals surface area contributed by atoms with Gasteiger partial charge in [0.1, 0.15) is 5.78 Å². The van der Waals surface area contributed by atoms with E-state index >= 15 is 0 Å². The fourth-order valence-corrected chi connectivity index (χ4v) is 2.07. The van der Waals surface area contributed by atoms with Crippen LogP contribution in [-0.2, 0) is 4.79 Å². The van der Waals surface area contributed by atoms with Crippen LogP contribution in [0.4, 0.5) is 0 Å². The average molecular weight is 254 g/mol. The molecule has 0 aliphatic carbocycles. The SMILES string of the molecule is CC(C)C(=O)CN1CCN(CCC(C)(C)C)CC1. The number of ketones is 1. The van der Waals surface area contributed by atoms with Crippen LogP contribution in [0.5, 0.6) is 0 Å². The third-order valence-electron chi connectivity index (χ3n) is 3.67. The first kappa shape index (κ1) is 15.6. The Balaban J connectivity index is 2.22. The van der Waals surface area contributed by atoms with E-state index in [1.165, 1.54) is 13.0 Å². The van der Waals surface area contributed by atoms with Gasteiger partial charge >= 0.3 is 0 Å². The number of hydrogen-bond donors (Lipinski definition) is 0. The predicted molar refractivity (Wildman–Crippen MR) is 76.8 cm³/mol. The molecular formula is C15H30N2O. The molecule has 0 spiro atoms. The molecule has 0 radical (unpaired) electrons. The fraction of sp³-hybridized carbons (Fsp3) is 0.933. The van der Waals surface area contributed by atoms with Crippen LogP contribution in [0.2, 0.25) is 0 Å². The molecule has 0 saturated carbocycles. The molecule has 1 aliphatic rings. The van der Waals surface area contributed by atoms with E-state index in [9.17, 15) is 4.79 Å². The van der Waals surface area contributed by atoms with Crippen molar-refractivity contribution in [2.24, 2.45) is 11.3 Å². The van der Waals surface area contributed by atoms with E-state index < -0.39 is 0 Å². The molecule has 1 heterocycles. The molecule has 0 bridgehead atoms. The lowest BCUT2D eigenvalue weighted by molar-refractivity contribution is -0.123. The van der Waals surface area contributed by atoms with E-state index in [2.05, 4.69) is 30.6 Å². The lowest BCUT2D eigenvalue weighted by atomic mass is 9.92. The Kier molecular flexibility index (Phi) is 5.80. The number of rotatable bonds is 5. The number of piperazine rings is 1. The van der Waals surface area contributed by atoms with Crippen molar-refractivity contribution in [3.8, 4) is 0 Å². The minimum absolute atomic E-state index is 0.170. The smallest absolute Gasteiger partial charge is 0.149 e. The Hall–Kier alpha value is -0.410. The lowest BCUT2D eigenvalue weighted by Gasteiger charge is -2.35. The van der Waals surface area contributed by atoms with Crippen LogP contribution >= 0.6 is 0 Å². The maximum atomic E-state index is 11.7. The van der Waals surface area contributed by atoms with Crippen LogP contribution in [0, 0.1) is 11.3 Å². The first-order chi connectivity index (χ1) is 8.28. The number of hydrogen-bond acceptors (Lipinski definition) is 3. The van der Waals surface area contributed by atoms with Crippen molar-refractivity contribution < 1.29 is 4.79 Å². The molecular weight excluding hydrogens is 224 g/mol. The van der Waals surface area contributed by atoms with Crippen molar-refractivity contribution in [3.05, 3.63) is 0 Å².